The largest absolute Gasteiger partial charge is 0.480 e. The first kappa shape index (κ1) is 18.8. The molecule has 0 atom stereocenters. The van der Waals surface area contributed by atoms with Gasteiger partial charge in [-0.3, -0.25) is 9.69 Å². The van der Waals surface area contributed by atoms with Crippen LogP contribution in [-0.2, 0) is 9.53 Å². The molecule has 1 amide bonds. The van der Waals surface area contributed by atoms with Gasteiger partial charge in [0.2, 0.25) is 6.43 Å². The van der Waals surface area contributed by atoms with Crippen LogP contribution in [0.4, 0.5) is 13.6 Å². The highest BCUT2D eigenvalue weighted by Gasteiger charge is 2.30. The lowest BCUT2D eigenvalue weighted by atomic mass is 9.98. The number of carboxylic acid groups (broad SMARTS) is 1. The molecule has 3 rings (SSSR count). The highest BCUT2D eigenvalue weighted by atomic mass is 19.3. The fourth-order valence-electron chi connectivity index (χ4n) is 3.34. The number of hydrogen-bond donors (Lipinski definition) is 1. The summed E-state index contributed by atoms with van der Waals surface area (Å²) >= 11 is 0. The number of alkyl halides is 2. The molecule has 0 spiro atoms. The second-order valence-electron chi connectivity index (χ2n) is 6.30. The van der Waals surface area contributed by atoms with Gasteiger partial charge in [-0.05, 0) is 22.3 Å². The summed E-state index contributed by atoms with van der Waals surface area (Å²) in [5, 5.41) is 8.90. The Hall–Kier alpha value is -2.96. The number of nitrogens with zero attached hydrogens (tertiary/aromatic N) is 1. The van der Waals surface area contributed by atoms with Crippen molar-refractivity contribution in [2.24, 2.45) is 0 Å². The number of carbonyl (C=O) groups is 2. The molecular weight excluding hydrogens is 356 g/mol. The molecule has 7 heteroatoms. The third kappa shape index (κ3) is 4.24. The Morgan fingerprint density at radius 1 is 1.04 bits per heavy atom. The van der Waals surface area contributed by atoms with Gasteiger partial charge in [-0.2, -0.15) is 0 Å². The fourth-order valence-corrected chi connectivity index (χ4v) is 3.34. The van der Waals surface area contributed by atoms with Crippen molar-refractivity contribution in [2.45, 2.75) is 18.8 Å². The van der Waals surface area contributed by atoms with E-state index in [1.54, 1.807) is 0 Å². The van der Waals surface area contributed by atoms with Gasteiger partial charge in [-0.1, -0.05) is 48.5 Å². The number of hydrogen-bond acceptors (Lipinski definition) is 3. The Bertz CT molecular complexity index is 795. The Labute approximate surface area is 155 Å². The van der Waals surface area contributed by atoms with E-state index in [-0.39, 0.29) is 19.1 Å². The van der Waals surface area contributed by atoms with Crippen molar-refractivity contribution in [1.82, 2.24) is 4.90 Å². The fraction of sp³-hybridized carbons (Fsp3) is 0.300. The first-order valence-corrected chi connectivity index (χ1v) is 8.57. The predicted molar refractivity (Wildman–Crippen MR) is 94.9 cm³/mol. The molecule has 0 heterocycles. The van der Waals surface area contributed by atoms with Gasteiger partial charge < -0.3 is 9.84 Å². The molecular formula is C20H19F2NO4. The van der Waals surface area contributed by atoms with Crippen molar-refractivity contribution in [1.29, 1.82) is 0 Å². The lowest BCUT2D eigenvalue weighted by Crippen LogP contribution is -2.38. The highest BCUT2D eigenvalue weighted by Crippen LogP contribution is 2.44. The van der Waals surface area contributed by atoms with Gasteiger partial charge in [-0.25, -0.2) is 13.6 Å². The molecule has 0 fully saturated rings. The van der Waals surface area contributed by atoms with Crippen LogP contribution in [0.3, 0.4) is 0 Å². The lowest BCUT2D eigenvalue weighted by Gasteiger charge is -2.22. The number of amides is 1. The minimum absolute atomic E-state index is 0.0116. The van der Waals surface area contributed by atoms with E-state index in [0.29, 0.717) is 0 Å². The number of aliphatic carboxylic acids is 1. The summed E-state index contributed by atoms with van der Waals surface area (Å²) in [5.74, 6) is -1.46. The summed E-state index contributed by atoms with van der Waals surface area (Å²) in [6, 6.07) is 15.6. The maximum absolute atomic E-state index is 12.4. The van der Waals surface area contributed by atoms with Crippen LogP contribution in [0.25, 0.3) is 11.1 Å². The molecule has 1 aliphatic carbocycles. The number of rotatable bonds is 7. The van der Waals surface area contributed by atoms with Crippen molar-refractivity contribution in [2.75, 3.05) is 19.7 Å². The van der Waals surface area contributed by atoms with Crippen LogP contribution in [0.15, 0.2) is 48.5 Å². The number of carbonyl (C=O) groups excluding carboxylic acids is 1. The Morgan fingerprint density at radius 3 is 2.11 bits per heavy atom. The van der Waals surface area contributed by atoms with Crippen LogP contribution in [-0.4, -0.2) is 48.2 Å². The second kappa shape index (κ2) is 8.16. The van der Waals surface area contributed by atoms with E-state index in [2.05, 4.69) is 0 Å². The molecule has 27 heavy (non-hydrogen) atoms. The Morgan fingerprint density at radius 2 is 1.59 bits per heavy atom. The van der Waals surface area contributed by atoms with E-state index < -0.39 is 31.5 Å². The highest BCUT2D eigenvalue weighted by molar-refractivity contribution is 5.79. The minimum Gasteiger partial charge on any atom is -0.480 e. The van der Waals surface area contributed by atoms with Gasteiger partial charge in [0.05, 0.1) is 0 Å². The molecule has 0 aromatic heterocycles. The van der Waals surface area contributed by atoms with E-state index in [9.17, 15) is 18.4 Å². The van der Waals surface area contributed by atoms with Crippen molar-refractivity contribution in [3.8, 4) is 11.1 Å². The van der Waals surface area contributed by atoms with Crippen LogP contribution in [0.1, 0.15) is 23.5 Å². The quantitative estimate of drug-likeness (QED) is 0.795. The van der Waals surface area contributed by atoms with Gasteiger partial charge in [0.25, 0.3) is 0 Å². The Kier molecular flexibility index (Phi) is 5.69. The summed E-state index contributed by atoms with van der Waals surface area (Å²) in [6.45, 7) is -1.04. The van der Waals surface area contributed by atoms with E-state index in [0.717, 1.165) is 27.2 Å². The van der Waals surface area contributed by atoms with Gasteiger partial charge in [0.15, 0.2) is 0 Å². The molecule has 1 aliphatic rings. The normalized spacial score (nSPS) is 12.6. The van der Waals surface area contributed by atoms with E-state index in [4.69, 9.17) is 9.84 Å². The summed E-state index contributed by atoms with van der Waals surface area (Å²) in [5.41, 5.74) is 4.16. The zero-order chi connectivity index (χ0) is 19.4. The average molecular weight is 375 g/mol. The average Bonchev–Trinajstić information content (AvgIpc) is 2.97. The number of benzene rings is 2. The number of fused-ring (bicyclic) bond motifs is 3. The maximum Gasteiger partial charge on any atom is 0.410 e. The molecule has 0 unspecified atom stereocenters. The smallest absolute Gasteiger partial charge is 0.410 e. The van der Waals surface area contributed by atoms with Crippen LogP contribution in [0.5, 0.6) is 0 Å². The molecule has 0 saturated heterocycles. The third-order valence-corrected chi connectivity index (χ3v) is 4.54. The number of carboxylic acids is 1. The minimum atomic E-state index is -2.62. The van der Waals surface area contributed by atoms with Crippen molar-refractivity contribution in [3.63, 3.8) is 0 Å². The molecule has 2 aromatic rings. The Balaban J connectivity index is 1.73. The first-order chi connectivity index (χ1) is 13.0. The summed E-state index contributed by atoms with van der Waals surface area (Å²) in [7, 11) is 0. The monoisotopic (exact) mass is 375 g/mol. The van der Waals surface area contributed by atoms with Crippen LogP contribution in [0, 0.1) is 0 Å². The third-order valence-electron chi connectivity index (χ3n) is 4.54. The standard InChI is InChI=1S/C20H19F2NO4/c21-18(22)9-10-23(11-19(24)25)20(26)27-12-17-15-7-3-1-5-13(15)14-6-2-4-8-16(14)17/h1-8,17-18H,9-12H2,(H,24,25). The van der Waals surface area contributed by atoms with Gasteiger partial charge in [0.1, 0.15) is 13.2 Å². The van der Waals surface area contributed by atoms with E-state index in [1.807, 2.05) is 48.5 Å². The molecule has 1 N–H and O–H groups in total. The van der Waals surface area contributed by atoms with E-state index in [1.165, 1.54) is 0 Å². The second-order valence-corrected chi connectivity index (χ2v) is 6.30. The van der Waals surface area contributed by atoms with Crippen molar-refractivity contribution >= 4 is 12.1 Å². The number of halogens is 2. The first-order valence-electron chi connectivity index (χ1n) is 8.57. The molecule has 0 saturated carbocycles. The van der Waals surface area contributed by atoms with E-state index >= 15 is 0 Å². The molecule has 5 nitrogen and oxygen atoms in total. The molecule has 142 valence electrons. The lowest BCUT2D eigenvalue weighted by molar-refractivity contribution is -0.138. The van der Waals surface area contributed by atoms with Gasteiger partial charge in [-0.15, -0.1) is 0 Å². The summed E-state index contributed by atoms with van der Waals surface area (Å²) < 4.78 is 30.2. The number of ether oxygens (including phenoxy) is 1. The van der Waals surface area contributed by atoms with Crippen LogP contribution in [0.2, 0.25) is 0 Å². The SMILES string of the molecule is O=C(O)CN(CCC(F)F)C(=O)OCC1c2ccccc2-c2ccccc21. The summed E-state index contributed by atoms with van der Waals surface area (Å²) in [6.07, 6.45) is -4.13. The molecule has 2 aromatic carbocycles. The topological polar surface area (TPSA) is 66.8 Å². The maximum atomic E-state index is 12.4. The zero-order valence-corrected chi connectivity index (χ0v) is 14.5. The van der Waals surface area contributed by atoms with Gasteiger partial charge in [0, 0.05) is 18.9 Å². The predicted octanol–water partition coefficient (Wildman–Crippen LogP) is 3.98. The zero-order valence-electron chi connectivity index (χ0n) is 14.5. The van der Waals surface area contributed by atoms with Crippen molar-refractivity contribution < 1.29 is 28.2 Å². The van der Waals surface area contributed by atoms with Crippen LogP contribution >= 0.6 is 0 Å². The van der Waals surface area contributed by atoms with Gasteiger partial charge >= 0.3 is 12.1 Å². The molecule has 0 aliphatic heterocycles. The van der Waals surface area contributed by atoms with Crippen LogP contribution < -0.4 is 0 Å². The van der Waals surface area contributed by atoms with Crippen molar-refractivity contribution in [3.05, 3.63) is 59.7 Å². The molecule has 0 radical (unpaired) electrons. The summed E-state index contributed by atoms with van der Waals surface area (Å²) in [4.78, 5) is 24.0. The molecule has 0 bridgehead atoms.